The lowest BCUT2D eigenvalue weighted by Gasteiger charge is -2.24. The average molecular weight is 314 g/mol. The summed E-state index contributed by atoms with van der Waals surface area (Å²) in [6.45, 7) is 6.38. The maximum atomic E-state index is 12.3. The molecule has 0 radical (unpaired) electrons. The van der Waals surface area contributed by atoms with Crippen LogP contribution in [-0.4, -0.2) is 35.8 Å². The van der Waals surface area contributed by atoms with Crippen LogP contribution in [0.5, 0.6) is 0 Å². The molecule has 1 aliphatic heterocycles. The molecule has 1 fully saturated rings. The van der Waals surface area contributed by atoms with Gasteiger partial charge in [-0.05, 0) is 31.0 Å². The number of aryl methyl sites for hydroxylation is 1. The first-order valence-electron chi connectivity index (χ1n) is 7.96. The number of ether oxygens (including phenoxy) is 1. The van der Waals surface area contributed by atoms with Crippen molar-refractivity contribution in [2.45, 2.75) is 26.4 Å². The minimum atomic E-state index is -0.193. The summed E-state index contributed by atoms with van der Waals surface area (Å²) in [5.74, 6) is -0.193. The standard InChI is InChI=1S/C17H22N4O2/c1-3-14-11(2)16(21-20-14)17(22)19-13-6-4-12(5-7-13)15-10-18-8-9-23-15/h4-7,15,18H,3,8-10H2,1-2H3,(H,19,22)(H,20,21). The van der Waals surface area contributed by atoms with Gasteiger partial charge in [0.1, 0.15) is 0 Å². The van der Waals surface area contributed by atoms with E-state index in [4.69, 9.17) is 4.74 Å². The van der Waals surface area contributed by atoms with E-state index in [1.165, 1.54) is 0 Å². The highest BCUT2D eigenvalue weighted by Crippen LogP contribution is 2.21. The summed E-state index contributed by atoms with van der Waals surface area (Å²) >= 11 is 0. The third kappa shape index (κ3) is 3.43. The second-order valence-corrected chi connectivity index (χ2v) is 5.67. The zero-order valence-corrected chi connectivity index (χ0v) is 13.5. The molecule has 0 aliphatic carbocycles. The van der Waals surface area contributed by atoms with Crippen molar-refractivity contribution < 1.29 is 9.53 Å². The second-order valence-electron chi connectivity index (χ2n) is 5.67. The summed E-state index contributed by atoms with van der Waals surface area (Å²) in [7, 11) is 0. The van der Waals surface area contributed by atoms with Gasteiger partial charge >= 0.3 is 0 Å². The Morgan fingerprint density at radius 2 is 2.17 bits per heavy atom. The molecular formula is C17H22N4O2. The van der Waals surface area contributed by atoms with Crippen LogP contribution in [-0.2, 0) is 11.2 Å². The van der Waals surface area contributed by atoms with E-state index in [9.17, 15) is 4.79 Å². The fraction of sp³-hybridized carbons (Fsp3) is 0.412. The zero-order valence-electron chi connectivity index (χ0n) is 13.5. The molecule has 23 heavy (non-hydrogen) atoms. The Labute approximate surface area is 135 Å². The van der Waals surface area contributed by atoms with Crippen LogP contribution >= 0.6 is 0 Å². The Balaban J connectivity index is 1.67. The molecule has 1 unspecified atom stereocenters. The molecule has 1 saturated heterocycles. The maximum absolute atomic E-state index is 12.3. The van der Waals surface area contributed by atoms with Crippen molar-refractivity contribution in [3.05, 3.63) is 46.8 Å². The molecule has 0 spiro atoms. The first kappa shape index (κ1) is 15.7. The van der Waals surface area contributed by atoms with Gasteiger partial charge in [-0.2, -0.15) is 5.10 Å². The minimum absolute atomic E-state index is 0.0780. The molecule has 0 saturated carbocycles. The number of rotatable bonds is 4. The number of H-pyrrole nitrogens is 1. The molecule has 122 valence electrons. The number of aromatic amines is 1. The number of aromatic nitrogens is 2. The van der Waals surface area contributed by atoms with Crippen molar-refractivity contribution in [2.24, 2.45) is 0 Å². The summed E-state index contributed by atoms with van der Waals surface area (Å²) in [6.07, 6.45) is 0.908. The lowest BCUT2D eigenvalue weighted by molar-refractivity contribution is 0.0277. The number of anilines is 1. The first-order valence-corrected chi connectivity index (χ1v) is 7.96. The monoisotopic (exact) mass is 314 g/mol. The fourth-order valence-corrected chi connectivity index (χ4v) is 2.75. The van der Waals surface area contributed by atoms with E-state index in [2.05, 4.69) is 20.8 Å². The van der Waals surface area contributed by atoms with Gasteiger partial charge in [0.2, 0.25) is 0 Å². The van der Waals surface area contributed by atoms with Crippen LogP contribution in [0.25, 0.3) is 0 Å². The number of benzene rings is 1. The lowest BCUT2D eigenvalue weighted by Crippen LogP contribution is -2.33. The van der Waals surface area contributed by atoms with Crippen LogP contribution in [0.4, 0.5) is 5.69 Å². The number of carbonyl (C=O) groups is 1. The van der Waals surface area contributed by atoms with E-state index in [0.29, 0.717) is 5.69 Å². The largest absolute Gasteiger partial charge is 0.371 e. The second kappa shape index (κ2) is 6.93. The van der Waals surface area contributed by atoms with Gasteiger partial charge in [0.05, 0.1) is 12.7 Å². The molecule has 2 aromatic rings. The number of amides is 1. The van der Waals surface area contributed by atoms with Crippen LogP contribution < -0.4 is 10.6 Å². The highest BCUT2D eigenvalue weighted by Gasteiger charge is 2.17. The Kier molecular flexibility index (Phi) is 4.73. The smallest absolute Gasteiger partial charge is 0.276 e. The predicted octanol–water partition coefficient (Wildman–Crippen LogP) is 2.19. The maximum Gasteiger partial charge on any atom is 0.276 e. The van der Waals surface area contributed by atoms with Crippen LogP contribution in [0, 0.1) is 6.92 Å². The van der Waals surface area contributed by atoms with E-state index >= 15 is 0 Å². The molecule has 0 bridgehead atoms. The third-order valence-corrected chi connectivity index (χ3v) is 4.15. The van der Waals surface area contributed by atoms with Gasteiger partial charge in [-0.15, -0.1) is 0 Å². The zero-order chi connectivity index (χ0) is 16.2. The molecule has 1 aromatic carbocycles. The van der Waals surface area contributed by atoms with Gasteiger partial charge in [-0.1, -0.05) is 19.1 Å². The SMILES string of the molecule is CCc1[nH]nc(C(=O)Nc2ccc(C3CNCCO3)cc2)c1C. The van der Waals surface area contributed by atoms with Crippen molar-refractivity contribution in [1.82, 2.24) is 15.5 Å². The predicted molar refractivity (Wildman–Crippen MR) is 88.7 cm³/mol. The molecule has 1 aliphatic rings. The van der Waals surface area contributed by atoms with E-state index in [0.717, 1.165) is 48.6 Å². The number of hydrogen-bond donors (Lipinski definition) is 3. The number of nitrogens with zero attached hydrogens (tertiary/aromatic N) is 1. The summed E-state index contributed by atoms with van der Waals surface area (Å²) in [5.41, 5.74) is 4.21. The molecule has 3 rings (SSSR count). The summed E-state index contributed by atoms with van der Waals surface area (Å²) in [4.78, 5) is 12.3. The third-order valence-electron chi connectivity index (χ3n) is 4.15. The molecule has 6 heteroatoms. The van der Waals surface area contributed by atoms with Gasteiger partial charge in [-0.25, -0.2) is 0 Å². The average Bonchev–Trinajstić information content (AvgIpc) is 2.97. The van der Waals surface area contributed by atoms with Crippen molar-refractivity contribution in [3.8, 4) is 0 Å². The molecule has 1 amide bonds. The molecule has 3 N–H and O–H groups in total. The van der Waals surface area contributed by atoms with E-state index in [-0.39, 0.29) is 12.0 Å². The van der Waals surface area contributed by atoms with Gasteiger partial charge < -0.3 is 15.4 Å². The first-order chi connectivity index (χ1) is 11.2. The molecule has 6 nitrogen and oxygen atoms in total. The van der Waals surface area contributed by atoms with E-state index in [1.807, 2.05) is 38.1 Å². The van der Waals surface area contributed by atoms with Crippen LogP contribution in [0.2, 0.25) is 0 Å². The van der Waals surface area contributed by atoms with Crippen molar-refractivity contribution in [3.63, 3.8) is 0 Å². The van der Waals surface area contributed by atoms with Crippen molar-refractivity contribution >= 4 is 11.6 Å². The topological polar surface area (TPSA) is 79.0 Å². The highest BCUT2D eigenvalue weighted by molar-refractivity contribution is 6.03. The minimum Gasteiger partial charge on any atom is -0.371 e. The van der Waals surface area contributed by atoms with Gasteiger partial charge in [0.15, 0.2) is 5.69 Å². The fourth-order valence-electron chi connectivity index (χ4n) is 2.75. The van der Waals surface area contributed by atoms with Crippen molar-refractivity contribution in [1.29, 1.82) is 0 Å². The lowest BCUT2D eigenvalue weighted by atomic mass is 10.1. The number of carbonyl (C=O) groups excluding carboxylic acids is 1. The van der Waals surface area contributed by atoms with Crippen molar-refractivity contribution in [2.75, 3.05) is 25.0 Å². The summed E-state index contributed by atoms with van der Waals surface area (Å²) in [5, 5.41) is 13.2. The van der Waals surface area contributed by atoms with Crippen LogP contribution in [0.3, 0.4) is 0 Å². The van der Waals surface area contributed by atoms with Gasteiger partial charge in [-0.3, -0.25) is 9.89 Å². The number of nitrogens with one attached hydrogen (secondary N) is 3. The van der Waals surface area contributed by atoms with E-state index in [1.54, 1.807) is 0 Å². The Morgan fingerprint density at radius 1 is 1.39 bits per heavy atom. The normalized spacial score (nSPS) is 17.9. The highest BCUT2D eigenvalue weighted by atomic mass is 16.5. The number of morpholine rings is 1. The Hall–Kier alpha value is -2.18. The Bertz CT molecular complexity index is 672. The summed E-state index contributed by atoms with van der Waals surface area (Å²) in [6, 6.07) is 7.77. The molecule has 1 aromatic heterocycles. The molecule has 2 heterocycles. The van der Waals surface area contributed by atoms with E-state index < -0.39 is 0 Å². The van der Waals surface area contributed by atoms with Gasteiger partial charge in [0, 0.05) is 30.0 Å². The molecule has 1 atom stereocenters. The number of hydrogen-bond acceptors (Lipinski definition) is 4. The van der Waals surface area contributed by atoms with Crippen LogP contribution in [0.15, 0.2) is 24.3 Å². The Morgan fingerprint density at radius 3 is 2.78 bits per heavy atom. The van der Waals surface area contributed by atoms with Gasteiger partial charge in [0.25, 0.3) is 5.91 Å². The molecular weight excluding hydrogens is 292 g/mol. The van der Waals surface area contributed by atoms with Crippen LogP contribution in [0.1, 0.15) is 40.3 Å². The quantitative estimate of drug-likeness (QED) is 0.808. The summed E-state index contributed by atoms with van der Waals surface area (Å²) < 4.78 is 5.72.